The van der Waals surface area contributed by atoms with Crippen molar-refractivity contribution in [1.82, 2.24) is 10.3 Å². The van der Waals surface area contributed by atoms with Crippen LogP contribution in [0.25, 0.3) is 0 Å². The predicted molar refractivity (Wildman–Crippen MR) is 118 cm³/mol. The maximum atomic E-state index is 12.9. The standard InChI is InChI=1S/C18H20FN3O.C6H8F2O2/c1-12(20-18(23)13-5-7-14(19)8-6-13)15-9-10-17-16(21-15)4-3-11-22(17)2;7-6(8)3-5(6)1-2-10-4-9/h5-10,12H,3-4,11H2,1-2H3,(H,20,23);4-5H,1-3H2. The average Bonchev–Trinajstić information content (AvgIpc) is 3.40. The minimum Gasteiger partial charge on any atom is -0.468 e. The molecule has 9 heteroatoms. The van der Waals surface area contributed by atoms with Crippen molar-refractivity contribution >= 4 is 18.1 Å². The number of hydrogen-bond donors (Lipinski definition) is 1. The van der Waals surface area contributed by atoms with E-state index in [-0.39, 0.29) is 43.7 Å². The van der Waals surface area contributed by atoms with Crippen LogP contribution in [0.3, 0.4) is 0 Å². The highest BCUT2D eigenvalue weighted by atomic mass is 19.3. The van der Waals surface area contributed by atoms with Crippen molar-refractivity contribution in [2.75, 3.05) is 25.1 Å². The maximum Gasteiger partial charge on any atom is 0.293 e. The minimum atomic E-state index is -2.48. The predicted octanol–water partition coefficient (Wildman–Crippen LogP) is 4.30. The number of pyridine rings is 1. The number of fused-ring (bicyclic) bond motifs is 1. The zero-order chi connectivity index (χ0) is 24.0. The molecule has 33 heavy (non-hydrogen) atoms. The van der Waals surface area contributed by atoms with E-state index in [2.05, 4.69) is 28.1 Å². The number of carbonyl (C=O) groups is 2. The number of amides is 1. The van der Waals surface area contributed by atoms with Crippen molar-refractivity contribution in [2.45, 2.75) is 44.6 Å². The molecule has 0 spiro atoms. The number of benzene rings is 1. The van der Waals surface area contributed by atoms with E-state index in [9.17, 15) is 22.8 Å². The molecule has 0 bridgehead atoms. The number of hydrogen-bond acceptors (Lipinski definition) is 5. The van der Waals surface area contributed by atoms with Gasteiger partial charge in [-0.3, -0.25) is 14.6 Å². The summed E-state index contributed by atoms with van der Waals surface area (Å²) < 4.78 is 41.3. The Morgan fingerprint density at radius 2 is 2.00 bits per heavy atom. The Labute approximate surface area is 191 Å². The third-order valence-corrected chi connectivity index (χ3v) is 5.80. The largest absolute Gasteiger partial charge is 0.468 e. The van der Waals surface area contributed by atoms with E-state index in [1.165, 1.54) is 24.3 Å². The molecule has 2 unspecified atom stereocenters. The van der Waals surface area contributed by atoms with Gasteiger partial charge in [-0.25, -0.2) is 13.2 Å². The van der Waals surface area contributed by atoms with Crippen LogP contribution in [0, 0.1) is 11.7 Å². The van der Waals surface area contributed by atoms with Crippen LogP contribution in [0.15, 0.2) is 36.4 Å². The van der Waals surface area contributed by atoms with Crippen molar-refractivity contribution in [2.24, 2.45) is 5.92 Å². The van der Waals surface area contributed by atoms with Gasteiger partial charge in [-0.05, 0) is 62.6 Å². The molecule has 4 rings (SSSR count). The first-order valence-corrected chi connectivity index (χ1v) is 10.9. The SMILES string of the molecule is CC(NC(=O)c1ccc(F)cc1)c1ccc2c(n1)CCCN2C.O=COCCC1CC1(F)F. The van der Waals surface area contributed by atoms with Crippen LogP contribution in [-0.2, 0) is 16.0 Å². The molecule has 1 fully saturated rings. The third kappa shape index (κ3) is 6.69. The van der Waals surface area contributed by atoms with Gasteiger partial charge in [-0.1, -0.05) is 0 Å². The van der Waals surface area contributed by atoms with Gasteiger partial charge in [0.1, 0.15) is 5.82 Å². The van der Waals surface area contributed by atoms with Gasteiger partial charge in [-0.2, -0.15) is 0 Å². The molecule has 6 nitrogen and oxygen atoms in total. The summed E-state index contributed by atoms with van der Waals surface area (Å²) in [7, 11) is 2.07. The Morgan fingerprint density at radius 3 is 2.64 bits per heavy atom. The second kappa shape index (κ2) is 10.7. The van der Waals surface area contributed by atoms with Crippen molar-refractivity contribution in [3.63, 3.8) is 0 Å². The van der Waals surface area contributed by atoms with Gasteiger partial charge in [0.15, 0.2) is 0 Å². The summed E-state index contributed by atoms with van der Waals surface area (Å²) in [5.74, 6) is -3.61. The number of anilines is 1. The molecule has 2 atom stereocenters. The second-order valence-corrected chi connectivity index (χ2v) is 8.35. The van der Waals surface area contributed by atoms with E-state index in [4.69, 9.17) is 4.98 Å². The van der Waals surface area contributed by atoms with E-state index < -0.39 is 11.8 Å². The van der Waals surface area contributed by atoms with Gasteiger partial charge in [0, 0.05) is 31.5 Å². The van der Waals surface area contributed by atoms with Crippen LogP contribution in [-0.4, -0.2) is 43.5 Å². The van der Waals surface area contributed by atoms with Gasteiger partial charge in [0.25, 0.3) is 18.3 Å². The Morgan fingerprint density at radius 1 is 1.30 bits per heavy atom. The molecule has 0 saturated heterocycles. The highest BCUT2D eigenvalue weighted by Crippen LogP contribution is 2.50. The Balaban J connectivity index is 0.000000257. The summed E-state index contributed by atoms with van der Waals surface area (Å²) in [4.78, 5) is 28.7. The number of carbonyl (C=O) groups excluding carboxylic acids is 2. The lowest BCUT2D eigenvalue weighted by atomic mass is 10.1. The first kappa shape index (κ1) is 24.5. The van der Waals surface area contributed by atoms with Gasteiger partial charge in [0.05, 0.1) is 29.7 Å². The number of aromatic nitrogens is 1. The molecule has 0 radical (unpaired) electrons. The topological polar surface area (TPSA) is 71.5 Å². The zero-order valence-corrected chi connectivity index (χ0v) is 18.7. The first-order valence-electron chi connectivity index (χ1n) is 10.9. The molecule has 1 aromatic heterocycles. The lowest BCUT2D eigenvalue weighted by Gasteiger charge is -2.27. The fraction of sp³-hybridized carbons (Fsp3) is 0.458. The summed E-state index contributed by atoms with van der Waals surface area (Å²) in [6.45, 7) is 3.35. The lowest BCUT2D eigenvalue weighted by molar-refractivity contribution is -0.129. The van der Waals surface area contributed by atoms with E-state index in [1.807, 2.05) is 13.0 Å². The van der Waals surface area contributed by atoms with Gasteiger partial charge >= 0.3 is 0 Å². The van der Waals surface area contributed by atoms with Crippen molar-refractivity contribution in [1.29, 1.82) is 0 Å². The Kier molecular flexibility index (Phi) is 7.94. The fourth-order valence-corrected chi connectivity index (χ4v) is 3.68. The number of alkyl halides is 2. The number of ether oxygens (including phenoxy) is 1. The molecule has 1 N–H and O–H groups in total. The summed E-state index contributed by atoms with van der Waals surface area (Å²) in [6.07, 6.45) is 2.30. The molecule has 1 aliphatic carbocycles. The fourth-order valence-electron chi connectivity index (χ4n) is 3.68. The summed E-state index contributed by atoms with van der Waals surface area (Å²) in [5.41, 5.74) is 3.53. The van der Waals surface area contributed by atoms with Crippen LogP contribution in [0.1, 0.15) is 54.0 Å². The normalized spacial score (nSPS) is 18.8. The molecule has 2 aliphatic rings. The Bertz CT molecular complexity index is 969. The number of halogens is 3. The second-order valence-electron chi connectivity index (χ2n) is 8.35. The molecular weight excluding hydrogens is 435 g/mol. The molecule has 2 heterocycles. The van der Waals surface area contributed by atoms with Crippen LogP contribution in [0.4, 0.5) is 18.9 Å². The molecular formula is C24H28F3N3O3. The van der Waals surface area contributed by atoms with Gasteiger partial charge < -0.3 is 15.0 Å². The number of nitrogens with one attached hydrogen (secondary N) is 1. The summed E-state index contributed by atoms with van der Waals surface area (Å²) >= 11 is 0. The number of aryl methyl sites for hydroxylation is 1. The van der Waals surface area contributed by atoms with Crippen LogP contribution in [0.2, 0.25) is 0 Å². The average molecular weight is 464 g/mol. The van der Waals surface area contributed by atoms with E-state index in [1.54, 1.807) is 0 Å². The van der Waals surface area contributed by atoms with E-state index >= 15 is 0 Å². The highest BCUT2D eigenvalue weighted by Gasteiger charge is 2.56. The third-order valence-electron chi connectivity index (χ3n) is 5.80. The quantitative estimate of drug-likeness (QED) is 0.490. The Hall–Kier alpha value is -3.10. The zero-order valence-electron chi connectivity index (χ0n) is 18.7. The molecule has 1 aromatic carbocycles. The molecule has 2 aromatic rings. The van der Waals surface area contributed by atoms with Crippen LogP contribution >= 0.6 is 0 Å². The number of rotatable bonds is 7. The molecule has 1 amide bonds. The van der Waals surface area contributed by atoms with Crippen LogP contribution < -0.4 is 10.2 Å². The summed E-state index contributed by atoms with van der Waals surface area (Å²) in [6, 6.07) is 9.34. The van der Waals surface area contributed by atoms with Crippen molar-refractivity contribution < 1.29 is 27.5 Å². The maximum absolute atomic E-state index is 12.9. The number of nitrogens with zero attached hydrogens (tertiary/aromatic N) is 2. The van der Waals surface area contributed by atoms with E-state index in [0.717, 1.165) is 36.5 Å². The molecule has 178 valence electrons. The van der Waals surface area contributed by atoms with Gasteiger partial charge in [-0.15, -0.1) is 0 Å². The van der Waals surface area contributed by atoms with Crippen molar-refractivity contribution in [3.8, 4) is 0 Å². The molecule has 1 aliphatic heterocycles. The van der Waals surface area contributed by atoms with Crippen LogP contribution in [0.5, 0.6) is 0 Å². The smallest absolute Gasteiger partial charge is 0.293 e. The first-order chi connectivity index (χ1) is 15.7. The molecule has 1 saturated carbocycles. The van der Waals surface area contributed by atoms with Gasteiger partial charge in [0.2, 0.25) is 0 Å². The minimum absolute atomic E-state index is 0.0464. The lowest BCUT2D eigenvalue weighted by Crippen LogP contribution is -2.29. The summed E-state index contributed by atoms with van der Waals surface area (Å²) in [5, 5.41) is 2.91. The highest BCUT2D eigenvalue weighted by molar-refractivity contribution is 5.94. The van der Waals surface area contributed by atoms with Crippen molar-refractivity contribution in [3.05, 3.63) is 59.2 Å². The van der Waals surface area contributed by atoms with E-state index in [0.29, 0.717) is 5.56 Å². The monoisotopic (exact) mass is 463 g/mol.